The molecule has 0 radical (unpaired) electrons. The largest absolute Gasteiger partial charge is 0.497 e. The molecule has 3 atom stereocenters. The van der Waals surface area contributed by atoms with Gasteiger partial charge in [-0.1, -0.05) is 12.1 Å². The lowest BCUT2D eigenvalue weighted by Crippen LogP contribution is -2.23. The third kappa shape index (κ3) is 3.97. The van der Waals surface area contributed by atoms with E-state index >= 15 is 0 Å². The lowest BCUT2D eigenvalue weighted by atomic mass is 9.93. The minimum absolute atomic E-state index is 0.0803. The number of ether oxygens (including phenoxy) is 2. The number of benzene rings is 1. The van der Waals surface area contributed by atoms with Crippen LogP contribution in [0.15, 0.2) is 24.3 Å². The van der Waals surface area contributed by atoms with Gasteiger partial charge in [-0.2, -0.15) is 0 Å². The van der Waals surface area contributed by atoms with Crippen molar-refractivity contribution in [1.82, 2.24) is 0 Å². The van der Waals surface area contributed by atoms with Crippen molar-refractivity contribution in [2.75, 3.05) is 7.11 Å². The number of carboxylic acids is 1. The number of aliphatic carboxylic acids is 1. The molecule has 1 fully saturated rings. The van der Waals surface area contributed by atoms with Crippen molar-refractivity contribution in [3.8, 4) is 5.75 Å². The van der Waals surface area contributed by atoms with Gasteiger partial charge in [0.05, 0.1) is 25.2 Å². The zero-order chi connectivity index (χ0) is 14.5. The van der Waals surface area contributed by atoms with Crippen molar-refractivity contribution in [2.24, 2.45) is 5.92 Å². The highest BCUT2D eigenvalue weighted by molar-refractivity contribution is 5.70. The Bertz CT molecular complexity index is 458. The van der Waals surface area contributed by atoms with Crippen LogP contribution in [0.1, 0.15) is 31.7 Å². The lowest BCUT2D eigenvalue weighted by molar-refractivity contribution is -0.143. The molecule has 110 valence electrons. The van der Waals surface area contributed by atoms with E-state index in [2.05, 4.69) is 0 Å². The molecular weight excluding hydrogens is 256 g/mol. The third-order valence-corrected chi connectivity index (χ3v) is 3.83. The second-order valence-electron chi connectivity index (χ2n) is 5.47. The van der Waals surface area contributed by atoms with Gasteiger partial charge in [-0.25, -0.2) is 0 Å². The quantitative estimate of drug-likeness (QED) is 0.869. The second-order valence-corrected chi connectivity index (χ2v) is 5.47. The number of rotatable bonds is 6. The Balaban J connectivity index is 1.99. The average molecular weight is 278 g/mol. The van der Waals surface area contributed by atoms with Gasteiger partial charge in [0.25, 0.3) is 0 Å². The van der Waals surface area contributed by atoms with Crippen LogP contribution in [-0.4, -0.2) is 30.4 Å². The maximum atomic E-state index is 11.4. The number of hydrogen-bond acceptors (Lipinski definition) is 3. The molecule has 0 bridgehead atoms. The van der Waals surface area contributed by atoms with Crippen molar-refractivity contribution in [2.45, 2.75) is 44.8 Å². The first kappa shape index (κ1) is 14.9. The van der Waals surface area contributed by atoms with Gasteiger partial charge >= 0.3 is 5.97 Å². The van der Waals surface area contributed by atoms with Gasteiger partial charge < -0.3 is 14.6 Å². The first-order valence-electron chi connectivity index (χ1n) is 7.09. The summed E-state index contributed by atoms with van der Waals surface area (Å²) in [6.07, 6.45) is 3.42. The molecule has 4 nitrogen and oxygen atoms in total. The normalized spacial score (nSPS) is 23.5. The number of carboxylic acid groups (broad SMARTS) is 1. The highest BCUT2D eigenvalue weighted by Crippen LogP contribution is 2.27. The molecule has 0 saturated carbocycles. The van der Waals surface area contributed by atoms with Crippen LogP contribution in [0.25, 0.3) is 0 Å². The van der Waals surface area contributed by atoms with Gasteiger partial charge in [0.2, 0.25) is 0 Å². The van der Waals surface area contributed by atoms with Crippen LogP contribution in [-0.2, 0) is 16.0 Å². The summed E-state index contributed by atoms with van der Waals surface area (Å²) in [5.41, 5.74) is 0.989. The van der Waals surface area contributed by atoms with E-state index in [1.54, 1.807) is 7.11 Å². The monoisotopic (exact) mass is 278 g/mol. The Morgan fingerprint density at radius 3 is 2.90 bits per heavy atom. The summed E-state index contributed by atoms with van der Waals surface area (Å²) >= 11 is 0. The molecule has 1 aromatic rings. The predicted octanol–water partition coefficient (Wildman–Crippen LogP) is 2.90. The fraction of sp³-hybridized carbons (Fsp3) is 0.562. The van der Waals surface area contributed by atoms with Crippen LogP contribution in [0, 0.1) is 5.92 Å². The number of carbonyl (C=O) groups is 1. The van der Waals surface area contributed by atoms with Gasteiger partial charge in [-0.05, 0) is 50.3 Å². The second kappa shape index (κ2) is 6.75. The molecule has 4 heteroatoms. The van der Waals surface area contributed by atoms with Gasteiger partial charge in [0.1, 0.15) is 5.75 Å². The smallest absolute Gasteiger partial charge is 0.306 e. The van der Waals surface area contributed by atoms with Crippen molar-refractivity contribution in [1.29, 1.82) is 0 Å². The Morgan fingerprint density at radius 2 is 2.30 bits per heavy atom. The molecule has 1 aliphatic heterocycles. The van der Waals surface area contributed by atoms with Gasteiger partial charge in [0.15, 0.2) is 0 Å². The van der Waals surface area contributed by atoms with Crippen LogP contribution in [0.3, 0.4) is 0 Å². The first-order valence-corrected chi connectivity index (χ1v) is 7.09. The zero-order valence-electron chi connectivity index (χ0n) is 12.0. The van der Waals surface area contributed by atoms with E-state index in [9.17, 15) is 9.90 Å². The van der Waals surface area contributed by atoms with Crippen molar-refractivity contribution < 1.29 is 19.4 Å². The Kier molecular flexibility index (Phi) is 5.01. The van der Waals surface area contributed by atoms with E-state index in [0.29, 0.717) is 12.8 Å². The standard InChI is InChI=1S/C16H22O4/c1-11-6-7-15(20-11)10-13(16(17)18)8-12-4-3-5-14(9-12)19-2/h3-5,9,11,13,15H,6-8,10H2,1-2H3,(H,17,18). The summed E-state index contributed by atoms with van der Waals surface area (Å²) in [6.45, 7) is 2.04. The maximum Gasteiger partial charge on any atom is 0.306 e. The van der Waals surface area contributed by atoms with E-state index in [0.717, 1.165) is 24.2 Å². The average Bonchev–Trinajstić information content (AvgIpc) is 2.83. The molecule has 20 heavy (non-hydrogen) atoms. The minimum Gasteiger partial charge on any atom is -0.497 e. The first-order chi connectivity index (χ1) is 9.58. The summed E-state index contributed by atoms with van der Waals surface area (Å²) in [5.74, 6) is -0.397. The SMILES string of the molecule is COc1cccc(CC(CC2CCC(C)O2)C(=O)O)c1. The molecule has 1 aromatic carbocycles. The number of hydrogen-bond donors (Lipinski definition) is 1. The molecule has 0 amide bonds. The summed E-state index contributed by atoms with van der Waals surface area (Å²) in [6, 6.07) is 7.59. The van der Waals surface area contributed by atoms with Crippen molar-refractivity contribution >= 4 is 5.97 Å². The minimum atomic E-state index is -0.754. The summed E-state index contributed by atoms with van der Waals surface area (Å²) in [4.78, 5) is 11.4. The lowest BCUT2D eigenvalue weighted by Gasteiger charge is -2.17. The molecule has 1 heterocycles. The third-order valence-electron chi connectivity index (χ3n) is 3.83. The summed E-state index contributed by atoms with van der Waals surface area (Å²) in [7, 11) is 1.61. The Morgan fingerprint density at radius 1 is 1.50 bits per heavy atom. The molecule has 3 unspecified atom stereocenters. The van der Waals surface area contributed by atoms with Gasteiger partial charge in [-0.3, -0.25) is 4.79 Å². The van der Waals surface area contributed by atoms with Crippen LogP contribution >= 0.6 is 0 Å². The number of methoxy groups -OCH3 is 1. The molecule has 0 spiro atoms. The molecule has 1 aliphatic rings. The van der Waals surface area contributed by atoms with E-state index in [1.165, 1.54) is 0 Å². The summed E-state index contributed by atoms with van der Waals surface area (Å²) in [5, 5.41) is 9.40. The van der Waals surface area contributed by atoms with Crippen LogP contribution in [0.2, 0.25) is 0 Å². The predicted molar refractivity (Wildman–Crippen MR) is 76.0 cm³/mol. The zero-order valence-corrected chi connectivity index (χ0v) is 12.0. The van der Waals surface area contributed by atoms with E-state index in [1.807, 2.05) is 31.2 Å². The highest BCUT2D eigenvalue weighted by Gasteiger charge is 2.28. The van der Waals surface area contributed by atoms with Crippen LogP contribution in [0.4, 0.5) is 0 Å². The van der Waals surface area contributed by atoms with E-state index in [4.69, 9.17) is 9.47 Å². The maximum absolute atomic E-state index is 11.4. The summed E-state index contributed by atoms with van der Waals surface area (Å²) < 4.78 is 10.9. The van der Waals surface area contributed by atoms with Gasteiger partial charge in [-0.15, -0.1) is 0 Å². The molecule has 1 saturated heterocycles. The molecule has 1 N–H and O–H groups in total. The molecular formula is C16H22O4. The van der Waals surface area contributed by atoms with Crippen LogP contribution in [0.5, 0.6) is 5.75 Å². The molecule has 0 aromatic heterocycles. The van der Waals surface area contributed by atoms with E-state index in [-0.39, 0.29) is 12.2 Å². The van der Waals surface area contributed by atoms with Crippen molar-refractivity contribution in [3.05, 3.63) is 29.8 Å². The fourth-order valence-corrected chi connectivity index (χ4v) is 2.73. The molecule has 0 aliphatic carbocycles. The van der Waals surface area contributed by atoms with Crippen molar-refractivity contribution in [3.63, 3.8) is 0 Å². The Labute approximate surface area is 119 Å². The van der Waals surface area contributed by atoms with Crippen LogP contribution < -0.4 is 4.74 Å². The topological polar surface area (TPSA) is 55.8 Å². The Hall–Kier alpha value is -1.55. The fourth-order valence-electron chi connectivity index (χ4n) is 2.73. The van der Waals surface area contributed by atoms with Gasteiger partial charge in [0, 0.05) is 0 Å². The van der Waals surface area contributed by atoms with E-state index < -0.39 is 11.9 Å². The molecule has 2 rings (SSSR count). The highest BCUT2D eigenvalue weighted by atomic mass is 16.5.